The van der Waals surface area contributed by atoms with Crippen molar-refractivity contribution in [2.75, 3.05) is 38.3 Å². The number of benzene rings is 1. The highest BCUT2D eigenvalue weighted by Gasteiger charge is 2.38. The molecule has 31 heavy (non-hydrogen) atoms. The lowest BCUT2D eigenvalue weighted by molar-refractivity contribution is 0.0666. The van der Waals surface area contributed by atoms with Crippen molar-refractivity contribution in [2.45, 2.75) is 50.7 Å². The van der Waals surface area contributed by atoms with Crippen LogP contribution in [-0.2, 0) is 4.74 Å². The van der Waals surface area contributed by atoms with Crippen molar-refractivity contribution in [3.63, 3.8) is 0 Å². The lowest BCUT2D eigenvalue weighted by Gasteiger charge is -2.47. The molecule has 2 saturated heterocycles. The number of carbonyl (C=O) groups is 1. The van der Waals surface area contributed by atoms with Gasteiger partial charge in [-0.1, -0.05) is 12.1 Å². The minimum Gasteiger partial charge on any atom is -0.494 e. The summed E-state index contributed by atoms with van der Waals surface area (Å²) in [5.41, 5.74) is 5.44. The number of ether oxygens (including phenoxy) is 2. The molecule has 166 valence electrons. The average Bonchev–Trinajstić information content (AvgIpc) is 3.19. The second-order valence-electron chi connectivity index (χ2n) is 8.70. The van der Waals surface area contributed by atoms with Crippen LogP contribution >= 0.6 is 0 Å². The van der Waals surface area contributed by atoms with Gasteiger partial charge in [0.05, 0.1) is 12.8 Å². The summed E-state index contributed by atoms with van der Waals surface area (Å²) >= 11 is 0. The van der Waals surface area contributed by atoms with E-state index >= 15 is 0 Å². The highest BCUT2D eigenvalue weighted by molar-refractivity contribution is 5.93. The fourth-order valence-corrected chi connectivity index (χ4v) is 4.79. The zero-order valence-electron chi connectivity index (χ0n) is 18.2. The van der Waals surface area contributed by atoms with Crippen LogP contribution in [0.4, 0.5) is 0 Å². The Morgan fingerprint density at radius 1 is 1.19 bits per heavy atom. The summed E-state index contributed by atoms with van der Waals surface area (Å²) in [4.78, 5) is 19.7. The Morgan fingerprint density at radius 2 is 1.94 bits per heavy atom. The lowest BCUT2D eigenvalue weighted by atomic mass is 9.89. The van der Waals surface area contributed by atoms with E-state index in [1.54, 1.807) is 6.20 Å². The predicted molar refractivity (Wildman–Crippen MR) is 117 cm³/mol. The van der Waals surface area contributed by atoms with Gasteiger partial charge in [0, 0.05) is 44.2 Å². The van der Waals surface area contributed by atoms with Crippen LogP contribution < -0.4 is 15.5 Å². The van der Waals surface area contributed by atoms with Gasteiger partial charge in [-0.15, -0.1) is 0 Å². The van der Waals surface area contributed by atoms with Gasteiger partial charge >= 0.3 is 0 Å². The van der Waals surface area contributed by atoms with Crippen molar-refractivity contribution >= 4 is 5.91 Å². The van der Waals surface area contributed by atoms with Gasteiger partial charge < -0.3 is 20.2 Å². The maximum absolute atomic E-state index is 12.7. The summed E-state index contributed by atoms with van der Waals surface area (Å²) in [6.45, 7) is 8.31. The van der Waals surface area contributed by atoms with E-state index in [0.29, 0.717) is 24.1 Å². The Morgan fingerprint density at radius 3 is 2.65 bits per heavy atom. The zero-order valence-corrected chi connectivity index (χ0v) is 18.2. The molecule has 1 amide bonds. The monoisotopic (exact) mass is 425 g/mol. The highest BCUT2D eigenvalue weighted by atomic mass is 16.5. The number of hydrogen-bond acceptors (Lipinski definition) is 6. The Hall–Kier alpha value is -2.58. The van der Waals surface area contributed by atoms with E-state index in [4.69, 9.17) is 9.47 Å². The van der Waals surface area contributed by atoms with E-state index in [1.165, 1.54) is 5.56 Å². The summed E-state index contributed by atoms with van der Waals surface area (Å²) < 4.78 is 13.0. The molecule has 0 spiro atoms. The minimum absolute atomic E-state index is 0.0648. The molecule has 5 rings (SSSR count). The van der Waals surface area contributed by atoms with E-state index in [-0.39, 0.29) is 18.1 Å². The third-order valence-electron chi connectivity index (χ3n) is 6.79. The van der Waals surface area contributed by atoms with Gasteiger partial charge in [0.15, 0.2) is 0 Å². The number of amides is 1. The molecule has 8 heteroatoms. The van der Waals surface area contributed by atoms with Crippen LogP contribution in [0.3, 0.4) is 0 Å². The molecule has 2 fully saturated rings. The fraction of sp³-hybridized carbons (Fsp3) is 0.565. The molecule has 2 N–H and O–H groups in total. The molecule has 2 aromatic rings. The lowest BCUT2D eigenvalue weighted by Crippen LogP contribution is -2.63. The van der Waals surface area contributed by atoms with Crippen LogP contribution in [0.15, 0.2) is 30.5 Å². The number of carbonyl (C=O) groups excluding carboxylic acids is 1. The maximum atomic E-state index is 12.7. The molecule has 8 nitrogen and oxygen atoms in total. The predicted octanol–water partition coefficient (Wildman–Crippen LogP) is 2.28. The van der Waals surface area contributed by atoms with Gasteiger partial charge in [-0.05, 0) is 44.4 Å². The first kappa shape index (κ1) is 20.3. The van der Waals surface area contributed by atoms with E-state index < -0.39 is 0 Å². The summed E-state index contributed by atoms with van der Waals surface area (Å²) in [7, 11) is 0. The smallest absolute Gasteiger partial charge is 0.273 e. The third-order valence-corrected chi connectivity index (χ3v) is 6.79. The van der Waals surface area contributed by atoms with Crippen molar-refractivity contribution in [1.29, 1.82) is 0 Å². The Bertz CT molecular complexity index is 916. The highest BCUT2D eigenvalue weighted by Crippen LogP contribution is 2.32. The van der Waals surface area contributed by atoms with E-state index in [1.807, 2.05) is 23.7 Å². The van der Waals surface area contributed by atoms with E-state index in [9.17, 15) is 4.79 Å². The molecule has 0 saturated carbocycles. The maximum Gasteiger partial charge on any atom is 0.273 e. The molecule has 2 atom stereocenters. The van der Waals surface area contributed by atoms with Gasteiger partial charge in [0.25, 0.3) is 5.91 Å². The number of nitrogens with zero attached hydrogens (tertiary/aromatic N) is 3. The van der Waals surface area contributed by atoms with Crippen LogP contribution in [0.5, 0.6) is 5.75 Å². The summed E-state index contributed by atoms with van der Waals surface area (Å²) in [5.74, 6) is 2.64. The van der Waals surface area contributed by atoms with Gasteiger partial charge in [0.2, 0.25) is 0 Å². The standard InChI is InChI=1S/C23H31N5O3/c1-3-31-19-6-4-16(5-7-19)18-13-27(14-18)15(2)21-25-23(29)20-12-24-22(28(20)26-21)17-8-10-30-11-9-17/h4-7,12,15,17-18,21,26H,3,8-11,13-14H2,1-2H3,(H,25,29). The molecule has 4 heterocycles. The van der Waals surface area contributed by atoms with Crippen molar-refractivity contribution in [3.8, 4) is 5.75 Å². The molecule has 3 aliphatic heterocycles. The van der Waals surface area contributed by atoms with Crippen molar-refractivity contribution in [2.24, 2.45) is 0 Å². The zero-order chi connectivity index (χ0) is 21.4. The van der Waals surface area contributed by atoms with Crippen LogP contribution in [0.2, 0.25) is 0 Å². The van der Waals surface area contributed by atoms with Crippen molar-refractivity contribution < 1.29 is 14.3 Å². The average molecular weight is 426 g/mol. The topological polar surface area (TPSA) is 80.7 Å². The normalized spacial score (nSPS) is 23.4. The SMILES string of the molecule is CCOc1ccc(C2CN(C(C)C3NC(=O)c4cnc(C5CCOCC5)n4N3)C2)cc1. The van der Waals surface area contributed by atoms with Gasteiger partial charge in [-0.2, -0.15) is 0 Å². The largest absolute Gasteiger partial charge is 0.494 e. The second-order valence-corrected chi connectivity index (χ2v) is 8.70. The van der Waals surface area contributed by atoms with Crippen LogP contribution in [0.1, 0.15) is 60.4 Å². The molecular formula is C23H31N5O3. The first-order chi connectivity index (χ1) is 15.1. The first-order valence-electron chi connectivity index (χ1n) is 11.3. The van der Waals surface area contributed by atoms with Gasteiger partial charge in [-0.25, -0.2) is 9.66 Å². The third kappa shape index (κ3) is 3.90. The number of aromatic nitrogens is 2. The number of hydrogen-bond donors (Lipinski definition) is 2. The molecule has 1 aromatic carbocycles. The molecule has 1 aromatic heterocycles. The van der Waals surface area contributed by atoms with Crippen LogP contribution in [0.25, 0.3) is 0 Å². The number of nitrogens with one attached hydrogen (secondary N) is 2. The Kier molecular flexibility index (Phi) is 5.58. The van der Waals surface area contributed by atoms with Gasteiger partial charge in [-0.3, -0.25) is 9.69 Å². The molecule has 2 unspecified atom stereocenters. The first-order valence-corrected chi connectivity index (χ1v) is 11.3. The quantitative estimate of drug-likeness (QED) is 0.739. The second kappa shape index (κ2) is 8.51. The fourth-order valence-electron chi connectivity index (χ4n) is 4.79. The number of imidazole rings is 1. The molecule has 0 radical (unpaired) electrons. The number of fused-ring (bicyclic) bond motifs is 1. The van der Waals surface area contributed by atoms with Gasteiger partial charge in [0.1, 0.15) is 23.4 Å². The van der Waals surface area contributed by atoms with Crippen molar-refractivity contribution in [1.82, 2.24) is 19.9 Å². The van der Waals surface area contributed by atoms with Crippen LogP contribution in [-0.4, -0.2) is 65.6 Å². The molecule has 0 aliphatic carbocycles. The summed E-state index contributed by atoms with van der Waals surface area (Å²) in [6.07, 6.45) is 3.40. The number of likely N-dealkylation sites (tertiary alicyclic amines) is 1. The molecular weight excluding hydrogens is 394 g/mol. The van der Waals surface area contributed by atoms with Crippen LogP contribution in [0, 0.1) is 0 Å². The van der Waals surface area contributed by atoms with E-state index in [2.05, 4.69) is 39.7 Å². The molecule has 3 aliphatic rings. The summed E-state index contributed by atoms with van der Waals surface area (Å²) in [6, 6.07) is 8.59. The van der Waals surface area contributed by atoms with Crippen molar-refractivity contribution in [3.05, 3.63) is 47.5 Å². The summed E-state index contributed by atoms with van der Waals surface area (Å²) in [5, 5.41) is 3.12. The van der Waals surface area contributed by atoms with E-state index in [0.717, 1.165) is 50.7 Å². The Balaban J connectivity index is 1.23. The Labute approximate surface area is 182 Å². The minimum atomic E-state index is -0.158. The molecule has 0 bridgehead atoms. The number of rotatable bonds is 6.